The molecule has 0 rings (SSSR count). The molecule has 0 aliphatic rings. The van der Waals surface area contributed by atoms with Crippen molar-refractivity contribution in [1.82, 2.24) is 0 Å². The fraction of sp³-hybridized carbons (Fsp3) is 0.462. The first-order valence-corrected chi connectivity index (χ1v) is 5.82. The van der Waals surface area contributed by atoms with E-state index in [1.165, 1.54) is 19.1 Å². The van der Waals surface area contributed by atoms with E-state index in [0.717, 1.165) is 0 Å². The second kappa shape index (κ2) is 11.6. The SMILES string of the molecule is C=C/C=C(\C(=C/CC)COC(C)=O)[N+](=O)[O-].CC. The van der Waals surface area contributed by atoms with Crippen molar-refractivity contribution in [2.45, 2.75) is 34.1 Å². The number of allylic oxidation sites excluding steroid dienone is 3. The van der Waals surface area contributed by atoms with Gasteiger partial charge in [0, 0.05) is 13.0 Å². The Labute approximate surface area is 108 Å². The summed E-state index contributed by atoms with van der Waals surface area (Å²) in [5.41, 5.74) is 0.278. The van der Waals surface area contributed by atoms with E-state index in [4.69, 9.17) is 4.74 Å². The Morgan fingerprint density at radius 3 is 2.33 bits per heavy atom. The molecule has 5 heteroatoms. The first-order chi connectivity index (χ1) is 8.52. The maximum atomic E-state index is 10.8. The average molecular weight is 255 g/mol. The quantitative estimate of drug-likeness (QED) is 0.316. The zero-order valence-corrected chi connectivity index (χ0v) is 11.4. The van der Waals surface area contributed by atoms with Gasteiger partial charge in [-0.25, -0.2) is 0 Å². The number of carbonyl (C=O) groups excluding carboxylic acids is 1. The van der Waals surface area contributed by atoms with Crippen LogP contribution in [0.2, 0.25) is 0 Å². The van der Waals surface area contributed by atoms with Crippen LogP contribution in [0.4, 0.5) is 0 Å². The van der Waals surface area contributed by atoms with Crippen LogP contribution in [0.1, 0.15) is 34.1 Å². The smallest absolute Gasteiger partial charge is 0.302 e. The molecule has 0 bridgehead atoms. The fourth-order valence-electron chi connectivity index (χ4n) is 1.06. The Balaban J connectivity index is 0. The van der Waals surface area contributed by atoms with Crippen molar-refractivity contribution < 1.29 is 14.5 Å². The van der Waals surface area contributed by atoms with Crippen molar-refractivity contribution >= 4 is 5.97 Å². The molecule has 0 N–H and O–H groups in total. The number of carbonyl (C=O) groups is 1. The van der Waals surface area contributed by atoms with Crippen molar-refractivity contribution in [3.63, 3.8) is 0 Å². The average Bonchev–Trinajstić information content (AvgIpc) is 2.34. The van der Waals surface area contributed by atoms with Crippen molar-refractivity contribution in [1.29, 1.82) is 0 Å². The second-order valence-electron chi connectivity index (χ2n) is 2.96. The molecule has 0 unspecified atom stereocenters. The molecular weight excluding hydrogens is 234 g/mol. The minimum Gasteiger partial charge on any atom is -0.461 e. The van der Waals surface area contributed by atoms with Crippen LogP contribution in [-0.4, -0.2) is 17.5 Å². The molecule has 0 fully saturated rings. The van der Waals surface area contributed by atoms with Gasteiger partial charge in [0.2, 0.25) is 0 Å². The van der Waals surface area contributed by atoms with Crippen LogP contribution in [0.25, 0.3) is 0 Å². The summed E-state index contributed by atoms with van der Waals surface area (Å²) in [6.45, 7) is 10.4. The minimum atomic E-state index is -0.521. The summed E-state index contributed by atoms with van der Waals surface area (Å²) in [6.07, 6.45) is 4.89. The Kier molecular flexibility index (Phi) is 11.9. The van der Waals surface area contributed by atoms with Gasteiger partial charge in [-0.05, 0) is 6.42 Å². The first kappa shape index (κ1) is 18.5. The van der Waals surface area contributed by atoms with E-state index in [1.54, 1.807) is 6.08 Å². The summed E-state index contributed by atoms with van der Waals surface area (Å²) in [4.78, 5) is 20.9. The van der Waals surface area contributed by atoms with Crippen molar-refractivity contribution in [2.24, 2.45) is 0 Å². The molecule has 0 aliphatic carbocycles. The summed E-state index contributed by atoms with van der Waals surface area (Å²) in [6, 6.07) is 0. The highest BCUT2D eigenvalue weighted by Crippen LogP contribution is 2.12. The minimum absolute atomic E-state index is 0.0934. The molecule has 102 valence electrons. The third kappa shape index (κ3) is 8.27. The summed E-state index contributed by atoms with van der Waals surface area (Å²) < 4.78 is 4.75. The summed E-state index contributed by atoms with van der Waals surface area (Å²) >= 11 is 0. The summed E-state index contributed by atoms with van der Waals surface area (Å²) in [5.74, 6) is -0.469. The highest BCUT2D eigenvalue weighted by atomic mass is 16.6. The Morgan fingerprint density at radius 1 is 1.44 bits per heavy atom. The van der Waals surface area contributed by atoms with Crippen LogP contribution in [0.15, 0.2) is 36.1 Å². The van der Waals surface area contributed by atoms with Crippen LogP contribution in [0, 0.1) is 10.1 Å². The lowest BCUT2D eigenvalue weighted by Crippen LogP contribution is -2.10. The topological polar surface area (TPSA) is 69.4 Å². The third-order valence-electron chi connectivity index (χ3n) is 1.68. The maximum Gasteiger partial charge on any atom is 0.302 e. The molecule has 0 aromatic carbocycles. The molecule has 5 nitrogen and oxygen atoms in total. The molecule has 0 amide bonds. The molecule has 0 aliphatic heterocycles. The van der Waals surface area contributed by atoms with Gasteiger partial charge >= 0.3 is 5.97 Å². The van der Waals surface area contributed by atoms with Gasteiger partial charge in [0.25, 0.3) is 5.70 Å². The van der Waals surface area contributed by atoms with Gasteiger partial charge in [0.1, 0.15) is 6.61 Å². The normalized spacial score (nSPS) is 11.1. The van der Waals surface area contributed by atoms with Gasteiger partial charge in [0.05, 0.1) is 10.5 Å². The van der Waals surface area contributed by atoms with Crippen LogP contribution < -0.4 is 0 Å². The van der Waals surface area contributed by atoms with Crippen LogP contribution in [0.5, 0.6) is 0 Å². The van der Waals surface area contributed by atoms with E-state index in [2.05, 4.69) is 6.58 Å². The van der Waals surface area contributed by atoms with E-state index in [9.17, 15) is 14.9 Å². The van der Waals surface area contributed by atoms with Crippen molar-refractivity contribution in [3.05, 3.63) is 46.2 Å². The highest BCUT2D eigenvalue weighted by Gasteiger charge is 2.16. The van der Waals surface area contributed by atoms with E-state index >= 15 is 0 Å². The van der Waals surface area contributed by atoms with E-state index in [0.29, 0.717) is 12.0 Å². The Bertz CT molecular complexity index is 343. The standard InChI is InChI=1S/C11H15NO4.C2H6/c1-4-6-10(8-16-9(3)13)11(7-5-2)12(14)15;1-2/h5-7H,2,4,8H2,1,3H3;1-2H3/b10-6-,11-7+;. The number of hydrogen-bond donors (Lipinski definition) is 0. The van der Waals surface area contributed by atoms with E-state index in [-0.39, 0.29) is 12.3 Å². The van der Waals surface area contributed by atoms with Gasteiger partial charge in [-0.15, -0.1) is 0 Å². The van der Waals surface area contributed by atoms with E-state index < -0.39 is 10.9 Å². The largest absolute Gasteiger partial charge is 0.461 e. The lowest BCUT2D eigenvalue weighted by Gasteiger charge is -2.04. The van der Waals surface area contributed by atoms with Gasteiger partial charge < -0.3 is 4.74 Å². The molecule has 18 heavy (non-hydrogen) atoms. The van der Waals surface area contributed by atoms with Crippen LogP contribution >= 0.6 is 0 Å². The molecule has 0 atom stereocenters. The molecule has 0 spiro atoms. The van der Waals surface area contributed by atoms with Crippen molar-refractivity contribution in [2.75, 3.05) is 6.61 Å². The maximum absolute atomic E-state index is 10.8. The predicted molar refractivity (Wildman–Crippen MR) is 71.6 cm³/mol. The molecule has 0 aromatic rings. The van der Waals surface area contributed by atoms with Gasteiger partial charge in [0.15, 0.2) is 0 Å². The number of nitro groups is 1. The Hall–Kier alpha value is -1.91. The summed E-state index contributed by atoms with van der Waals surface area (Å²) in [5, 5.41) is 10.8. The Morgan fingerprint density at radius 2 is 2.00 bits per heavy atom. The highest BCUT2D eigenvalue weighted by molar-refractivity contribution is 5.66. The fourth-order valence-corrected chi connectivity index (χ4v) is 1.06. The number of nitrogens with zero attached hydrogens (tertiary/aromatic N) is 1. The van der Waals surface area contributed by atoms with Crippen LogP contribution in [0.3, 0.4) is 0 Å². The van der Waals surface area contributed by atoms with Gasteiger partial charge in [-0.3, -0.25) is 14.9 Å². The monoisotopic (exact) mass is 255 g/mol. The molecular formula is C13H21NO4. The molecule has 0 saturated carbocycles. The van der Waals surface area contributed by atoms with Crippen LogP contribution in [-0.2, 0) is 9.53 Å². The van der Waals surface area contributed by atoms with Crippen molar-refractivity contribution in [3.8, 4) is 0 Å². The first-order valence-electron chi connectivity index (χ1n) is 5.82. The number of hydrogen-bond acceptors (Lipinski definition) is 4. The molecule has 0 aromatic heterocycles. The molecule has 0 heterocycles. The molecule has 0 radical (unpaired) electrons. The molecule has 0 saturated heterocycles. The zero-order chi connectivity index (χ0) is 14.6. The van der Waals surface area contributed by atoms with Gasteiger partial charge in [-0.1, -0.05) is 39.5 Å². The lowest BCUT2D eigenvalue weighted by atomic mass is 10.1. The third-order valence-corrected chi connectivity index (χ3v) is 1.68. The lowest BCUT2D eigenvalue weighted by molar-refractivity contribution is -0.421. The second-order valence-corrected chi connectivity index (χ2v) is 2.96. The zero-order valence-electron chi connectivity index (χ0n) is 11.4. The summed E-state index contributed by atoms with van der Waals surface area (Å²) in [7, 11) is 0. The number of rotatable bonds is 6. The predicted octanol–water partition coefficient (Wildman–Crippen LogP) is 3.26. The van der Waals surface area contributed by atoms with E-state index in [1.807, 2.05) is 20.8 Å². The number of ether oxygens (including phenoxy) is 1. The number of esters is 1. The van der Waals surface area contributed by atoms with Gasteiger partial charge in [-0.2, -0.15) is 0 Å².